The molecule has 0 unspecified atom stereocenters. The molecular weight excluding hydrogens is 297 g/mol. The van der Waals surface area contributed by atoms with Gasteiger partial charge in [-0.25, -0.2) is 0 Å². The van der Waals surface area contributed by atoms with Gasteiger partial charge in [-0.05, 0) is 30.2 Å². The van der Waals surface area contributed by atoms with Gasteiger partial charge in [0.05, 0.1) is 5.56 Å². The fraction of sp³-hybridized carbons (Fsp3) is 0.308. The number of benzene rings is 1. The number of hydrogen-bond donors (Lipinski definition) is 0. The van der Waals surface area contributed by atoms with Crippen molar-refractivity contribution in [1.82, 2.24) is 0 Å². The minimum atomic E-state index is -4.40. The van der Waals surface area contributed by atoms with Gasteiger partial charge in [-0.15, -0.1) is 0 Å². The highest BCUT2D eigenvalue weighted by Gasteiger charge is 2.30. The molecule has 0 heterocycles. The Labute approximate surface area is 118 Å². The summed E-state index contributed by atoms with van der Waals surface area (Å²) in [5.41, 5.74) is -0.370. The molecule has 0 aliphatic heterocycles. The average molecular weight is 309 g/mol. The van der Waals surface area contributed by atoms with Gasteiger partial charge < -0.3 is 0 Å². The summed E-state index contributed by atoms with van der Waals surface area (Å²) in [7, 11) is 0. The van der Waals surface area contributed by atoms with Crippen molar-refractivity contribution in [3.8, 4) is 0 Å². The lowest BCUT2D eigenvalue weighted by Crippen LogP contribution is -2.04. The van der Waals surface area contributed by atoms with Crippen LogP contribution in [0.25, 0.3) is 6.08 Å². The quantitative estimate of drug-likeness (QED) is 0.725. The second-order valence-electron chi connectivity index (χ2n) is 3.80. The lowest BCUT2D eigenvalue weighted by Gasteiger charge is -2.08. The number of halogens is 4. The minimum absolute atomic E-state index is 0.0236. The number of hydrogen-bond acceptors (Lipinski definition) is 2. The van der Waals surface area contributed by atoms with Crippen LogP contribution in [-0.4, -0.2) is 10.9 Å². The topological polar surface area (TPSA) is 17.1 Å². The zero-order valence-electron chi connectivity index (χ0n) is 10.1. The maximum atomic E-state index is 12.6. The highest BCUT2D eigenvalue weighted by molar-refractivity contribution is 8.13. The first-order valence-electron chi connectivity index (χ1n) is 5.47. The molecule has 0 spiro atoms. The average Bonchev–Trinajstić information content (AvgIpc) is 2.26. The fourth-order valence-corrected chi connectivity index (χ4v) is 2.15. The van der Waals surface area contributed by atoms with Crippen LogP contribution < -0.4 is 0 Å². The number of thioether (sulfide) groups is 1. The lowest BCUT2D eigenvalue weighted by molar-refractivity contribution is -0.137. The van der Waals surface area contributed by atoms with E-state index in [9.17, 15) is 18.0 Å². The number of allylic oxidation sites excluding steroid dienone is 1. The second-order valence-corrected chi connectivity index (χ2v) is 5.51. The zero-order valence-corrected chi connectivity index (χ0v) is 11.7. The van der Waals surface area contributed by atoms with E-state index < -0.39 is 11.7 Å². The molecule has 0 saturated carbocycles. The number of carbonyl (C=O) groups excluding carboxylic acids is 1. The first-order valence-corrected chi connectivity index (χ1v) is 6.83. The molecule has 6 heteroatoms. The highest BCUT2D eigenvalue weighted by atomic mass is 35.5. The van der Waals surface area contributed by atoms with Crippen molar-refractivity contribution in [2.45, 2.75) is 19.5 Å². The Morgan fingerprint density at radius 3 is 2.63 bits per heavy atom. The Morgan fingerprint density at radius 1 is 1.37 bits per heavy atom. The van der Waals surface area contributed by atoms with E-state index in [1.807, 2.05) is 0 Å². The van der Waals surface area contributed by atoms with E-state index in [0.717, 1.165) is 12.1 Å². The van der Waals surface area contributed by atoms with Crippen LogP contribution in [0.2, 0.25) is 5.02 Å². The van der Waals surface area contributed by atoms with Crippen molar-refractivity contribution >= 4 is 34.6 Å². The van der Waals surface area contributed by atoms with Gasteiger partial charge in [0.25, 0.3) is 0 Å². The minimum Gasteiger partial charge on any atom is -0.288 e. The van der Waals surface area contributed by atoms with Crippen molar-refractivity contribution < 1.29 is 18.0 Å². The van der Waals surface area contributed by atoms with Crippen molar-refractivity contribution in [2.24, 2.45) is 0 Å². The third-order valence-electron chi connectivity index (χ3n) is 2.15. The third kappa shape index (κ3) is 6.16. The molecule has 1 aromatic rings. The van der Waals surface area contributed by atoms with Gasteiger partial charge in [0.2, 0.25) is 0 Å². The summed E-state index contributed by atoms with van der Waals surface area (Å²) in [6, 6.07) is 3.40. The number of carbonyl (C=O) groups is 1. The summed E-state index contributed by atoms with van der Waals surface area (Å²) in [6.45, 7) is 1.47. The smallest absolute Gasteiger partial charge is 0.288 e. The summed E-state index contributed by atoms with van der Waals surface area (Å²) >= 11 is 6.84. The summed E-state index contributed by atoms with van der Waals surface area (Å²) < 4.78 is 37.7. The molecule has 0 N–H and O–H groups in total. The van der Waals surface area contributed by atoms with Gasteiger partial charge in [0, 0.05) is 17.7 Å². The standard InChI is InChI=1S/C13H12ClF3OS/c1-9(18)19-5-3-2-4-10-6-11(13(15,16)17)8-12(14)7-10/h2,4,6-8H,3,5H2,1H3. The summed E-state index contributed by atoms with van der Waals surface area (Å²) in [5.74, 6) is 0.610. The van der Waals surface area contributed by atoms with E-state index in [-0.39, 0.29) is 10.1 Å². The molecule has 0 radical (unpaired) electrons. The van der Waals surface area contributed by atoms with E-state index in [2.05, 4.69) is 0 Å². The first kappa shape index (κ1) is 16.1. The van der Waals surface area contributed by atoms with Crippen LogP contribution in [0.4, 0.5) is 13.2 Å². The summed E-state index contributed by atoms with van der Waals surface area (Å²) in [6.07, 6.45) is -0.500. The zero-order chi connectivity index (χ0) is 14.5. The van der Waals surface area contributed by atoms with Gasteiger partial charge in [-0.1, -0.05) is 35.5 Å². The first-order chi connectivity index (χ1) is 8.79. The molecular formula is C13H12ClF3OS. The van der Waals surface area contributed by atoms with Crippen LogP contribution in [0.1, 0.15) is 24.5 Å². The van der Waals surface area contributed by atoms with Crippen LogP contribution in [0, 0.1) is 0 Å². The van der Waals surface area contributed by atoms with Crippen molar-refractivity contribution in [3.63, 3.8) is 0 Å². The van der Waals surface area contributed by atoms with Crippen LogP contribution in [0.3, 0.4) is 0 Å². The van der Waals surface area contributed by atoms with Gasteiger partial charge in [0.1, 0.15) is 0 Å². The molecule has 0 amide bonds. The highest BCUT2D eigenvalue weighted by Crippen LogP contribution is 2.32. The maximum absolute atomic E-state index is 12.6. The molecule has 0 aromatic heterocycles. The Kier molecular flexibility index (Phi) is 5.94. The Bertz CT molecular complexity index is 483. The van der Waals surface area contributed by atoms with E-state index in [1.165, 1.54) is 24.8 Å². The molecule has 0 bridgehead atoms. The Hall–Kier alpha value is -0.940. The second kappa shape index (κ2) is 7.01. The molecule has 1 aromatic carbocycles. The third-order valence-corrected chi connectivity index (χ3v) is 3.21. The van der Waals surface area contributed by atoms with Crippen LogP contribution in [0.5, 0.6) is 0 Å². The molecule has 1 rings (SSSR count). The van der Waals surface area contributed by atoms with E-state index in [0.29, 0.717) is 17.7 Å². The Morgan fingerprint density at radius 2 is 2.05 bits per heavy atom. The molecule has 0 fully saturated rings. The monoisotopic (exact) mass is 308 g/mol. The van der Waals surface area contributed by atoms with E-state index >= 15 is 0 Å². The number of alkyl halides is 3. The normalized spacial score (nSPS) is 12.1. The van der Waals surface area contributed by atoms with Crippen LogP contribution >= 0.6 is 23.4 Å². The molecule has 19 heavy (non-hydrogen) atoms. The molecule has 104 valence electrons. The van der Waals surface area contributed by atoms with Crippen molar-refractivity contribution in [3.05, 3.63) is 40.4 Å². The molecule has 0 aliphatic carbocycles. The lowest BCUT2D eigenvalue weighted by atomic mass is 10.1. The largest absolute Gasteiger partial charge is 0.416 e. The predicted octanol–water partition coefficient (Wildman–Crippen LogP) is 5.04. The summed E-state index contributed by atoms with van der Waals surface area (Å²) in [5, 5.41) is 0.0723. The van der Waals surface area contributed by atoms with Crippen molar-refractivity contribution in [2.75, 3.05) is 5.75 Å². The maximum Gasteiger partial charge on any atom is 0.416 e. The van der Waals surface area contributed by atoms with E-state index in [1.54, 1.807) is 12.2 Å². The fourth-order valence-electron chi connectivity index (χ4n) is 1.36. The predicted molar refractivity (Wildman–Crippen MR) is 73.2 cm³/mol. The van der Waals surface area contributed by atoms with Crippen LogP contribution in [-0.2, 0) is 11.0 Å². The Balaban J connectivity index is 2.71. The van der Waals surface area contributed by atoms with Gasteiger partial charge in [-0.2, -0.15) is 13.2 Å². The van der Waals surface area contributed by atoms with Crippen LogP contribution in [0.15, 0.2) is 24.3 Å². The molecule has 0 atom stereocenters. The van der Waals surface area contributed by atoms with Gasteiger partial charge in [0.15, 0.2) is 5.12 Å². The molecule has 0 aliphatic rings. The molecule has 0 saturated heterocycles. The van der Waals surface area contributed by atoms with Gasteiger partial charge in [-0.3, -0.25) is 4.79 Å². The van der Waals surface area contributed by atoms with Gasteiger partial charge >= 0.3 is 6.18 Å². The SMILES string of the molecule is CC(=O)SCCC=Cc1cc(Cl)cc(C(F)(F)F)c1. The molecule has 1 nitrogen and oxygen atoms in total. The van der Waals surface area contributed by atoms with E-state index in [4.69, 9.17) is 11.6 Å². The number of rotatable bonds is 4. The van der Waals surface area contributed by atoms with Crippen molar-refractivity contribution in [1.29, 1.82) is 0 Å². The summed E-state index contributed by atoms with van der Waals surface area (Å²) in [4.78, 5) is 10.7.